The van der Waals surface area contributed by atoms with Crippen molar-refractivity contribution in [1.29, 1.82) is 0 Å². The van der Waals surface area contributed by atoms with Crippen molar-refractivity contribution in [3.05, 3.63) is 22.1 Å². The van der Waals surface area contributed by atoms with E-state index in [2.05, 4.69) is 27.0 Å². The van der Waals surface area contributed by atoms with Crippen LogP contribution in [0.5, 0.6) is 0 Å². The van der Waals surface area contributed by atoms with Gasteiger partial charge in [-0.1, -0.05) is 11.6 Å². The summed E-state index contributed by atoms with van der Waals surface area (Å²) in [4.78, 5) is 4.15. The van der Waals surface area contributed by atoms with Gasteiger partial charge in [-0.25, -0.2) is 13.4 Å². The molecule has 0 unspecified atom stereocenters. The third-order valence-electron chi connectivity index (χ3n) is 3.10. The van der Waals surface area contributed by atoms with Gasteiger partial charge in [0, 0.05) is 20.1 Å². The van der Waals surface area contributed by atoms with Crippen LogP contribution in [0.15, 0.2) is 21.3 Å². The third-order valence-corrected chi connectivity index (χ3v) is 6.04. The first-order chi connectivity index (χ1) is 8.34. The average molecular weight is 334 g/mol. The smallest absolute Gasteiger partial charge is 0.263 e. The normalized spacial score (nSPS) is 17.9. The number of sulfonamides is 1. The lowest BCUT2D eigenvalue weighted by atomic mass is 10.2. The first-order valence-corrected chi connectivity index (χ1v) is 7.92. The lowest BCUT2D eigenvalue weighted by Gasteiger charge is -2.24. The SMILES string of the molecule is CC1=CCCN(S(=O)(=O)c2nc(C)n(C)c2Br)C1. The van der Waals surface area contributed by atoms with Gasteiger partial charge in [0.1, 0.15) is 10.4 Å². The molecule has 0 atom stereocenters. The molecule has 5 nitrogen and oxygen atoms in total. The van der Waals surface area contributed by atoms with E-state index in [-0.39, 0.29) is 5.03 Å². The van der Waals surface area contributed by atoms with Gasteiger partial charge >= 0.3 is 0 Å². The molecule has 7 heteroatoms. The number of nitrogens with zero attached hydrogens (tertiary/aromatic N) is 3. The van der Waals surface area contributed by atoms with Crippen LogP contribution in [-0.4, -0.2) is 35.4 Å². The minimum absolute atomic E-state index is 0.109. The summed E-state index contributed by atoms with van der Waals surface area (Å²) in [5, 5.41) is 0.109. The molecular formula is C11H16BrN3O2S. The maximum Gasteiger partial charge on any atom is 0.263 e. The van der Waals surface area contributed by atoms with E-state index in [0.29, 0.717) is 23.5 Å². The second kappa shape index (κ2) is 4.79. The quantitative estimate of drug-likeness (QED) is 0.776. The Bertz CT molecular complexity index is 604. The first-order valence-electron chi connectivity index (χ1n) is 5.68. The fraction of sp³-hybridized carbons (Fsp3) is 0.545. The summed E-state index contributed by atoms with van der Waals surface area (Å²) < 4.78 is 28.7. The Morgan fingerprint density at radius 3 is 2.56 bits per heavy atom. The molecule has 1 aliphatic rings. The standard InChI is InChI=1S/C11H16BrN3O2S/c1-8-5-4-6-15(7-8)18(16,17)11-10(12)14(3)9(2)13-11/h5H,4,6-7H2,1-3H3. The molecule has 0 radical (unpaired) electrons. The highest BCUT2D eigenvalue weighted by Crippen LogP contribution is 2.26. The average Bonchev–Trinajstić information content (AvgIpc) is 2.57. The van der Waals surface area contributed by atoms with E-state index in [9.17, 15) is 8.42 Å². The zero-order chi connectivity index (χ0) is 13.5. The lowest BCUT2D eigenvalue weighted by molar-refractivity contribution is 0.425. The van der Waals surface area contributed by atoms with E-state index in [1.165, 1.54) is 4.31 Å². The zero-order valence-corrected chi connectivity index (χ0v) is 13.0. The van der Waals surface area contributed by atoms with E-state index in [1.54, 1.807) is 18.5 Å². The maximum atomic E-state index is 12.5. The Morgan fingerprint density at radius 1 is 1.39 bits per heavy atom. The predicted octanol–water partition coefficient (Wildman–Crippen LogP) is 1.83. The minimum Gasteiger partial charge on any atom is -0.325 e. The van der Waals surface area contributed by atoms with Crippen molar-refractivity contribution in [1.82, 2.24) is 13.9 Å². The van der Waals surface area contributed by atoms with Crippen LogP contribution < -0.4 is 0 Å². The van der Waals surface area contributed by atoms with Crippen molar-refractivity contribution >= 4 is 26.0 Å². The molecule has 0 fully saturated rings. The third kappa shape index (κ3) is 2.26. The lowest BCUT2D eigenvalue weighted by Crippen LogP contribution is -2.35. The van der Waals surface area contributed by atoms with Crippen molar-refractivity contribution in [3.63, 3.8) is 0 Å². The largest absolute Gasteiger partial charge is 0.325 e. The van der Waals surface area contributed by atoms with Crippen molar-refractivity contribution in [2.75, 3.05) is 13.1 Å². The summed E-state index contributed by atoms with van der Waals surface area (Å²) in [5.41, 5.74) is 1.08. The Labute approximate surface area is 116 Å². The molecule has 1 aromatic rings. The molecule has 0 aliphatic carbocycles. The van der Waals surface area contributed by atoms with Gasteiger partial charge in [0.25, 0.3) is 10.0 Å². The predicted molar refractivity (Wildman–Crippen MR) is 72.8 cm³/mol. The Kier molecular flexibility index (Phi) is 3.66. The summed E-state index contributed by atoms with van der Waals surface area (Å²) in [7, 11) is -1.73. The molecule has 0 saturated heterocycles. The molecule has 2 rings (SSSR count). The first kappa shape index (κ1) is 13.8. The molecule has 0 N–H and O–H groups in total. The van der Waals surface area contributed by atoms with E-state index >= 15 is 0 Å². The van der Waals surface area contributed by atoms with Crippen molar-refractivity contribution < 1.29 is 8.42 Å². The minimum atomic E-state index is -3.51. The molecule has 0 saturated carbocycles. The van der Waals surface area contributed by atoms with Gasteiger partial charge in [-0.05, 0) is 36.2 Å². The summed E-state index contributed by atoms with van der Waals surface area (Å²) in [5.74, 6) is 0.671. The molecule has 0 spiro atoms. The van der Waals surface area contributed by atoms with E-state index in [0.717, 1.165) is 12.0 Å². The Hall–Kier alpha value is -0.660. The second-order valence-corrected chi connectivity index (χ2v) is 7.10. The van der Waals surface area contributed by atoms with Gasteiger partial charge in [-0.2, -0.15) is 4.31 Å². The number of aromatic nitrogens is 2. The molecule has 0 aromatic carbocycles. The van der Waals surface area contributed by atoms with Crippen molar-refractivity contribution in [2.45, 2.75) is 25.3 Å². The number of halogens is 1. The zero-order valence-electron chi connectivity index (χ0n) is 10.6. The van der Waals surface area contributed by atoms with Gasteiger partial charge in [-0.3, -0.25) is 0 Å². The van der Waals surface area contributed by atoms with Gasteiger partial charge in [-0.15, -0.1) is 0 Å². The summed E-state index contributed by atoms with van der Waals surface area (Å²) in [6.07, 6.45) is 2.83. The number of imidazole rings is 1. The monoisotopic (exact) mass is 333 g/mol. The molecule has 0 bridgehead atoms. The highest BCUT2D eigenvalue weighted by molar-refractivity contribution is 9.10. The topological polar surface area (TPSA) is 55.2 Å². The molecular weight excluding hydrogens is 318 g/mol. The van der Waals surface area contributed by atoms with Crippen LogP contribution in [0.2, 0.25) is 0 Å². The Balaban J connectivity index is 2.43. The molecule has 2 heterocycles. The van der Waals surface area contributed by atoms with Gasteiger partial charge < -0.3 is 4.57 Å². The fourth-order valence-electron chi connectivity index (χ4n) is 1.92. The molecule has 1 aromatic heterocycles. The van der Waals surface area contributed by atoms with Crippen LogP contribution in [0, 0.1) is 6.92 Å². The summed E-state index contributed by atoms with van der Waals surface area (Å²) in [6.45, 7) is 4.69. The summed E-state index contributed by atoms with van der Waals surface area (Å²) >= 11 is 3.30. The van der Waals surface area contributed by atoms with Crippen LogP contribution in [-0.2, 0) is 17.1 Å². The van der Waals surface area contributed by atoms with Crippen LogP contribution in [0.1, 0.15) is 19.2 Å². The van der Waals surface area contributed by atoms with Crippen LogP contribution in [0.4, 0.5) is 0 Å². The number of hydrogen-bond acceptors (Lipinski definition) is 3. The van der Waals surface area contributed by atoms with Crippen LogP contribution >= 0.6 is 15.9 Å². The van der Waals surface area contributed by atoms with E-state index < -0.39 is 10.0 Å². The molecule has 1 aliphatic heterocycles. The number of aryl methyl sites for hydroxylation is 1. The molecule has 100 valence electrons. The van der Waals surface area contributed by atoms with Gasteiger partial charge in [0.2, 0.25) is 5.03 Å². The van der Waals surface area contributed by atoms with E-state index in [1.807, 2.05) is 6.92 Å². The molecule has 0 amide bonds. The Morgan fingerprint density at radius 2 is 2.06 bits per heavy atom. The maximum absolute atomic E-state index is 12.5. The van der Waals surface area contributed by atoms with Crippen LogP contribution in [0.25, 0.3) is 0 Å². The summed E-state index contributed by atoms with van der Waals surface area (Å²) in [6, 6.07) is 0. The van der Waals surface area contributed by atoms with Crippen molar-refractivity contribution in [3.8, 4) is 0 Å². The van der Waals surface area contributed by atoms with Crippen molar-refractivity contribution in [2.24, 2.45) is 7.05 Å². The highest BCUT2D eigenvalue weighted by Gasteiger charge is 2.31. The second-order valence-electron chi connectivity index (χ2n) is 4.49. The number of rotatable bonds is 2. The number of hydrogen-bond donors (Lipinski definition) is 0. The van der Waals surface area contributed by atoms with Gasteiger partial charge in [0.05, 0.1) is 0 Å². The van der Waals surface area contributed by atoms with Crippen LogP contribution in [0.3, 0.4) is 0 Å². The molecule has 18 heavy (non-hydrogen) atoms. The highest BCUT2D eigenvalue weighted by atomic mass is 79.9. The fourth-order valence-corrected chi connectivity index (χ4v) is 4.44. The van der Waals surface area contributed by atoms with Gasteiger partial charge in [0.15, 0.2) is 0 Å². The van der Waals surface area contributed by atoms with E-state index in [4.69, 9.17) is 0 Å².